The van der Waals surface area contributed by atoms with Crippen molar-refractivity contribution in [2.24, 2.45) is 0 Å². The highest BCUT2D eigenvalue weighted by Gasteiger charge is 2.24. The Balaban J connectivity index is 1.98. The molecule has 9 nitrogen and oxygen atoms in total. The van der Waals surface area contributed by atoms with Crippen molar-refractivity contribution >= 4 is 44.2 Å². The lowest BCUT2D eigenvalue weighted by atomic mass is 9.83. The Hall–Kier alpha value is -3.79. The Morgan fingerprint density at radius 3 is 2.10 bits per heavy atom. The number of sulfonamides is 1. The molecule has 0 unspecified atom stereocenters. The second kappa shape index (κ2) is 11.1. The molecule has 0 atom stereocenters. The molecule has 10 heteroatoms. The minimum atomic E-state index is -3.39. The zero-order valence-corrected chi connectivity index (χ0v) is 24.5. The maximum atomic E-state index is 12.7. The van der Waals surface area contributed by atoms with E-state index in [0.717, 1.165) is 33.7 Å². The van der Waals surface area contributed by atoms with Crippen LogP contribution in [0.3, 0.4) is 0 Å². The monoisotopic (exact) mass is 555 g/mol. The molecule has 3 aromatic carbocycles. The van der Waals surface area contributed by atoms with Crippen molar-refractivity contribution < 1.29 is 27.5 Å². The van der Waals surface area contributed by atoms with Gasteiger partial charge in [-0.1, -0.05) is 39.0 Å². The Labute approximate surface area is 230 Å². The molecule has 0 heterocycles. The quantitative estimate of drug-likeness (QED) is 0.346. The van der Waals surface area contributed by atoms with Crippen LogP contribution in [0.25, 0.3) is 21.9 Å². The van der Waals surface area contributed by atoms with Crippen molar-refractivity contribution in [2.45, 2.75) is 52.6 Å². The fourth-order valence-electron chi connectivity index (χ4n) is 4.06. The van der Waals surface area contributed by atoms with Gasteiger partial charge in [0.05, 0.1) is 13.4 Å². The summed E-state index contributed by atoms with van der Waals surface area (Å²) in [5.74, 6) is 0.281. The van der Waals surface area contributed by atoms with Gasteiger partial charge in [0, 0.05) is 22.5 Å². The van der Waals surface area contributed by atoms with Crippen molar-refractivity contribution in [1.29, 1.82) is 0 Å². The van der Waals surface area contributed by atoms with E-state index in [-0.39, 0.29) is 12.0 Å². The molecule has 2 amide bonds. The minimum absolute atomic E-state index is 0.249. The molecule has 0 saturated heterocycles. The summed E-state index contributed by atoms with van der Waals surface area (Å²) in [6.45, 7) is 11.2. The van der Waals surface area contributed by atoms with Crippen molar-refractivity contribution in [1.82, 2.24) is 5.32 Å². The lowest BCUT2D eigenvalue weighted by Crippen LogP contribution is -2.37. The van der Waals surface area contributed by atoms with Crippen LogP contribution in [-0.4, -0.2) is 45.9 Å². The van der Waals surface area contributed by atoms with Crippen LogP contribution in [0.2, 0.25) is 0 Å². The Morgan fingerprint density at radius 2 is 1.51 bits per heavy atom. The van der Waals surface area contributed by atoms with Crippen molar-refractivity contribution in [2.75, 3.05) is 29.9 Å². The van der Waals surface area contributed by atoms with E-state index in [9.17, 15) is 18.0 Å². The number of rotatable bonds is 7. The summed E-state index contributed by atoms with van der Waals surface area (Å²) in [4.78, 5) is 24.6. The maximum Gasteiger partial charge on any atom is 0.408 e. The second-order valence-electron chi connectivity index (χ2n) is 11.4. The van der Waals surface area contributed by atoms with Gasteiger partial charge in [0.2, 0.25) is 15.9 Å². The summed E-state index contributed by atoms with van der Waals surface area (Å²) in [5.41, 5.74) is 2.59. The molecular formula is C29H37N3O6S. The number of hydrogen-bond donors (Lipinski definition) is 3. The van der Waals surface area contributed by atoms with Gasteiger partial charge in [-0.3, -0.25) is 9.52 Å². The molecule has 3 N–H and O–H groups in total. The molecule has 0 saturated carbocycles. The molecule has 0 bridgehead atoms. The topological polar surface area (TPSA) is 123 Å². The number of alkyl carbamates (subject to hydrolysis) is 1. The van der Waals surface area contributed by atoms with E-state index in [2.05, 4.69) is 36.1 Å². The number of carbonyl (C=O) groups excluding carboxylic acids is 2. The Morgan fingerprint density at radius 1 is 0.872 bits per heavy atom. The zero-order valence-electron chi connectivity index (χ0n) is 23.7. The molecule has 39 heavy (non-hydrogen) atoms. The second-order valence-corrected chi connectivity index (χ2v) is 13.2. The molecule has 0 aromatic heterocycles. The summed E-state index contributed by atoms with van der Waals surface area (Å²) in [7, 11) is -1.78. The highest BCUT2D eigenvalue weighted by molar-refractivity contribution is 7.92. The molecule has 0 spiro atoms. The first-order valence-corrected chi connectivity index (χ1v) is 14.4. The Kier molecular flexibility index (Phi) is 8.50. The predicted molar refractivity (Wildman–Crippen MR) is 156 cm³/mol. The number of amides is 2. The van der Waals surface area contributed by atoms with E-state index in [1.807, 2.05) is 36.4 Å². The van der Waals surface area contributed by atoms with Crippen LogP contribution >= 0.6 is 0 Å². The van der Waals surface area contributed by atoms with Crippen LogP contribution < -0.4 is 20.1 Å². The normalized spacial score (nSPS) is 12.1. The Bertz CT molecular complexity index is 1500. The van der Waals surface area contributed by atoms with Crippen LogP contribution in [-0.2, 0) is 25.0 Å². The zero-order chi connectivity index (χ0) is 29.2. The number of methoxy groups -OCH3 is 1. The van der Waals surface area contributed by atoms with Gasteiger partial charge in [-0.15, -0.1) is 0 Å². The largest absolute Gasteiger partial charge is 0.496 e. The number of carbonyl (C=O) groups is 2. The SMILES string of the molecule is COc1c(-c2ccc3cc(NS(C)(=O)=O)ccc3c2)cc(NC(=O)CNC(=O)OC(C)(C)C)cc1C(C)(C)C. The van der Waals surface area contributed by atoms with Gasteiger partial charge in [-0.05, 0) is 72.9 Å². The number of anilines is 2. The number of nitrogens with one attached hydrogen (secondary N) is 3. The summed E-state index contributed by atoms with van der Waals surface area (Å²) >= 11 is 0. The van der Waals surface area contributed by atoms with E-state index in [1.54, 1.807) is 40.0 Å². The van der Waals surface area contributed by atoms with Crippen molar-refractivity contribution in [3.63, 3.8) is 0 Å². The molecule has 0 aliphatic heterocycles. The molecule has 210 valence electrons. The lowest BCUT2D eigenvalue weighted by molar-refractivity contribution is -0.115. The van der Waals surface area contributed by atoms with Crippen molar-refractivity contribution in [3.8, 4) is 16.9 Å². The predicted octanol–water partition coefficient (Wildman–Crippen LogP) is 5.65. The van der Waals surface area contributed by atoms with E-state index < -0.39 is 27.6 Å². The number of benzene rings is 3. The van der Waals surface area contributed by atoms with Crippen LogP contribution in [0.1, 0.15) is 47.1 Å². The maximum absolute atomic E-state index is 12.7. The fourth-order valence-corrected chi connectivity index (χ4v) is 4.61. The summed E-state index contributed by atoms with van der Waals surface area (Å²) < 4.78 is 36.8. The summed E-state index contributed by atoms with van der Waals surface area (Å²) in [5, 5.41) is 7.11. The van der Waals surface area contributed by atoms with Crippen LogP contribution in [0.4, 0.5) is 16.2 Å². The third kappa shape index (κ3) is 8.35. The van der Waals surface area contributed by atoms with Crippen LogP contribution in [0, 0.1) is 0 Å². The third-order valence-corrected chi connectivity index (χ3v) is 6.24. The first kappa shape index (κ1) is 29.8. The minimum Gasteiger partial charge on any atom is -0.496 e. The van der Waals surface area contributed by atoms with E-state index >= 15 is 0 Å². The molecule has 0 fully saturated rings. The van der Waals surface area contributed by atoms with E-state index in [4.69, 9.17) is 9.47 Å². The highest BCUT2D eigenvalue weighted by Crippen LogP contribution is 2.42. The highest BCUT2D eigenvalue weighted by atomic mass is 32.2. The van der Waals surface area contributed by atoms with E-state index in [0.29, 0.717) is 17.1 Å². The molecule has 3 rings (SSSR count). The number of hydrogen-bond acceptors (Lipinski definition) is 6. The van der Waals surface area contributed by atoms with Gasteiger partial charge >= 0.3 is 6.09 Å². The molecule has 0 radical (unpaired) electrons. The first-order chi connectivity index (χ1) is 17.9. The van der Waals surface area contributed by atoms with Crippen molar-refractivity contribution in [3.05, 3.63) is 54.1 Å². The smallest absolute Gasteiger partial charge is 0.408 e. The van der Waals surface area contributed by atoms with Gasteiger partial charge in [0.15, 0.2) is 0 Å². The van der Waals surface area contributed by atoms with Gasteiger partial charge < -0.3 is 20.1 Å². The standard InChI is InChI=1S/C29H37N3O6S/c1-28(2,3)24-16-22(31-25(33)17-30-27(34)38-29(4,5)6)15-23(26(24)37-7)20-10-9-19-14-21(32-39(8,35)36)12-11-18(19)13-20/h9-16,32H,17H2,1-8H3,(H,30,34)(H,31,33). The molecule has 0 aliphatic carbocycles. The number of ether oxygens (including phenoxy) is 2. The molecular weight excluding hydrogens is 518 g/mol. The molecule has 0 aliphatic rings. The first-order valence-electron chi connectivity index (χ1n) is 12.5. The summed E-state index contributed by atoms with van der Waals surface area (Å²) in [6.07, 6.45) is 0.438. The average Bonchev–Trinajstić information content (AvgIpc) is 2.79. The van der Waals surface area contributed by atoms with Gasteiger partial charge in [0.1, 0.15) is 17.9 Å². The summed E-state index contributed by atoms with van der Waals surface area (Å²) in [6, 6.07) is 14.8. The van der Waals surface area contributed by atoms with E-state index in [1.165, 1.54) is 0 Å². The molecule has 3 aromatic rings. The van der Waals surface area contributed by atoms with Gasteiger partial charge in [-0.2, -0.15) is 0 Å². The fraction of sp³-hybridized carbons (Fsp3) is 0.379. The van der Waals surface area contributed by atoms with Crippen LogP contribution in [0.15, 0.2) is 48.5 Å². The number of fused-ring (bicyclic) bond motifs is 1. The van der Waals surface area contributed by atoms with Gasteiger partial charge in [0.25, 0.3) is 0 Å². The third-order valence-electron chi connectivity index (χ3n) is 5.63. The van der Waals surface area contributed by atoms with Gasteiger partial charge in [-0.25, -0.2) is 13.2 Å². The lowest BCUT2D eigenvalue weighted by Gasteiger charge is -2.25. The average molecular weight is 556 g/mol. The van der Waals surface area contributed by atoms with Crippen LogP contribution in [0.5, 0.6) is 5.75 Å².